The number of alkyl halides is 2. The van der Waals surface area contributed by atoms with E-state index in [9.17, 15) is 18.0 Å². The molecule has 0 bridgehead atoms. The Balaban J connectivity index is 3.32. The second kappa shape index (κ2) is 4.03. The molecule has 0 aliphatic carbocycles. The Morgan fingerprint density at radius 2 is 2.15 bits per heavy atom. The highest BCUT2D eigenvalue weighted by Gasteiger charge is 2.16. The van der Waals surface area contributed by atoms with Crippen molar-refractivity contribution < 1.29 is 18.0 Å². The van der Waals surface area contributed by atoms with Gasteiger partial charge in [-0.05, 0) is 28.7 Å². The van der Waals surface area contributed by atoms with Crippen molar-refractivity contribution in [3.63, 3.8) is 0 Å². The van der Waals surface area contributed by atoms with Crippen LogP contribution in [0.3, 0.4) is 0 Å². The predicted molar refractivity (Wildman–Crippen MR) is 47.3 cm³/mol. The highest BCUT2D eigenvalue weighted by Crippen LogP contribution is 2.23. The molecule has 0 aliphatic rings. The van der Waals surface area contributed by atoms with Gasteiger partial charge in [0.05, 0.1) is 3.57 Å². The molecule has 0 radical (unpaired) electrons. The summed E-state index contributed by atoms with van der Waals surface area (Å²) in [5, 5.41) is 0. The zero-order chi connectivity index (χ0) is 10.0. The molecule has 0 N–H and O–H groups in total. The van der Waals surface area contributed by atoms with Gasteiger partial charge in [-0.2, -0.15) is 4.39 Å². The van der Waals surface area contributed by atoms with Gasteiger partial charge in [0.15, 0.2) is 6.29 Å². The van der Waals surface area contributed by atoms with Gasteiger partial charge in [-0.3, -0.25) is 4.79 Å². The van der Waals surface area contributed by atoms with Crippen molar-refractivity contribution >= 4 is 28.9 Å². The van der Waals surface area contributed by atoms with Gasteiger partial charge < -0.3 is 0 Å². The number of aldehydes is 1. The second-order valence-electron chi connectivity index (χ2n) is 2.15. The summed E-state index contributed by atoms with van der Waals surface area (Å²) in [7, 11) is 0. The summed E-state index contributed by atoms with van der Waals surface area (Å²) in [6.07, 6.45) is -2.71. The second-order valence-corrected chi connectivity index (χ2v) is 3.32. The molecule has 0 atom stereocenters. The van der Waals surface area contributed by atoms with Crippen molar-refractivity contribution in [2.45, 2.75) is 6.43 Å². The molecular weight excluding hydrogens is 298 g/mol. The van der Waals surface area contributed by atoms with E-state index in [0.29, 0.717) is 0 Å². The van der Waals surface area contributed by atoms with Crippen molar-refractivity contribution in [1.82, 2.24) is 4.98 Å². The molecule has 70 valence electrons. The molecule has 0 fully saturated rings. The van der Waals surface area contributed by atoms with Crippen LogP contribution in [0, 0.1) is 9.52 Å². The maximum atomic E-state index is 12.7. The van der Waals surface area contributed by atoms with E-state index < -0.39 is 23.6 Å². The summed E-state index contributed by atoms with van der Waals surface area (Å²) in [5.41, 5.74) is -1.09. The first-order chi connectivity index (χ1) is 6.06. The maximum Gasteiger partial charge on any atom is 0.266 e. The fraction of sp³-hybridized carbons (Fsp3) is 0.143. The summed E-state index contributed by atoms with van der Waals surface area (Å²) < 4.78 is 37.1. The fourth-order valence-corrected chi connectivity index (χ4v) is 1.22. The number of halogens is 4. The minimum Gasteiger partial charge on any atom is -0.296 e. The number of carbonyl (C=O) groups excluding carboxylic acids is 1. The van der Waals surface area contributed by atoms with E-state index in [1.54, 1.807) is 0 Å². The van der Waals surface area contributed by atoms with Gasteiger partial charge in [-0.1, -0.05) is 0 Å². The smallest absolute Gasteiger partial charge is 0.266 e. The third-order valence-corrected chi connectivity index (χ3v) is 2.10. The van der Waals surface area contributed by atoms with Crippen molar-refractivity contribution in [3.8, 4) is 0 Å². The molecule has 0 saturated heterocycles. The molecule has 1 aromatic heterocycles. The first-order valence-electron chi connectivity index (χ1n) is 3.15. The highest BCUT2D eigenvalue weighted by atomic mass is 127. The number of hydrogen-bond donors (Lipinski definition) is 0. The molecular formula is C7H3F3INO. The Kier molecular flexibility index (Phi) is 3.23. The van der Waals surface area contributed by atoms with Crippen LogP contribution in [0.2, 0.25) is 0 Å². The Morgan fingerprint density at radius 1 is 1.54 bits per heavy atom. The average Bonchev–Trinajstić information content (AvgIpc) is 2.08. The number of carbonyl (C=O) groups is 1. The van der Waals surface area contributed by atoms with Crippen molar-refractivity contribution in [2.24, 2.45) is 0 Å². The van der Waals surface area contributed by atoms with Gasteiger partial charge >= 0.3 is 0 Å². The van der Waals surface area contributed by atoms with E-state index >= 15 is 0 Å². The number of hydrogen-bond acceptors (Lipinski definition) is 2. The molecule has 2 nitrogen and oxygen atoms in total. The van der Waals surface area contributed by atoms with Crippen molar-refractivity contribution in [3.05, 3.63) is 26.8 Å². The number of nitrogens with zero attached hydrogens (tertiary/aromatic N) is 1. The zero-order valence-electron chi connectivity index (χ0n) is 6.10. The van der Waals surface area contributed by atoms with Crippen LogP contribution in [0.25, 0.3) is 0 Å². The van der Waals surface area contributed by atoms with Crippen LogP contribution < -0.4 is 0 Å². The van der Waals surface area contributed by atoms with Crippen LogP contribution >= 0.6 is 22.6 Å². The highest BCUT2D eigenvalue weighted by molar-refractivity contribution is 14.1. The number of rotatable bonds is 2. The summed E-state index contributed by atoms with van der Waals surface area (Å²) in [6, 6.07) is 0.914. The molecule has 0 spiro atoms. The third-order valence-electron chi connectivity index (χ3n) is 1.34. The van der Waals surface area contributed by atoms with Gasteiger partial charge in [0.1, 0.15) is 5.69 Å². The van der Waals surface area contributed by atoms with Crippen molar-refractivity contribution in [1.29, 1.82) is 0 Å². The van der Waals surface area contributed by atoms with Gasteiger partial charge in [0, 0.05) is 5.56 Å². The Bertz CT molecular complexity index is 343. The summed E-state index contributed by atoms with van der Waals surface area (Å²) in [5.74, 6) is -0.910. The van der Waals surface area contributed by atoms with E-state index in [-0.39, 0.29) is 9.86 Å². The van der Waals surface area contributed by atoms with E-state index in [0.717, 1.165) is 6.07 Å². The van der Waals surface area contributed by atoms with Gasteiger partial charge in [-0.25, -0.2) is 13.8 Å². The minimum atomic E-state index is -2.82. The van der Waals surface area contributed by atoms with E-state index in [2.05, 4.69) is 4.98 Å². The van der Waals surface area contributed by atoms with Crippen LogP contribution in [-0.2, 0) is 0 Å². The summed E-state index contributed by atoms with van der Waals surface area (Å²) >= 11 is 1.53. The van der Waals surface area contributed by atoms with E-state index in [4.69, 9.17) is 0 Å². The lowest BCUT2D eigenvalue weighted by molar-refractivity contribution is 0.110. The van der Waals surface area contributed by atoms with Gasteiger partial charge in [0.2, 0.25) is 5.95 Å². The number of aromatic nitrogens is 1. The van der Waals surface area contributed by atoms with Crippen LogP contribution in [0.1, 0.15) is 22.5 Å². The standard InChI is InChI=1S/C7H3F3INO/c8-6(9)3-1-4(11)7(10)12-5(3)2-13/h1-2,6H. The predicted octanol–water partition coefficient (Wildman–Crippen LogP) is 2.58. The Morgan fingerprint density at radius 3 is 2.62 bits per heavy atom. The quantitative estimate of drug-likeness (QED) is 0.477. The average molecular weight is 301 g/mol. The lowest BCUT2D eigenvalue weighted by atomic mass is 10.2. The first kappa shape index (κ1) is 10.4. The molecule has 0 unspecified atom stereocenters. The number of pyridine rings is 1. The van der Waals surface area contributed by atoms with Gasteiger partial charge in [-0.15, -0.1) is 0 Å². The summed E-state index contributed by atoms with van der Waals surface area (Å²) in [6.45, 7) is 0. The molecule has 0 saturated carbocycles. The fourth-order valence-electron chi connectivity index (χ4n) is 0.763. The molecule has 1 aromatic rings. The molecule has 1 heterocycles. The first-order valence-corrected chi connectivity index (χ1v) is 4.23. The van der Waals surface area contributed by atoms with Crippen LogP contribution in [0.4, 0.5) is 13.2 Å². The Hall–Kier alpha value is -0.660. The third kappa shape index (κ3) is 2.17. The van der Waals surface area contributed by atoms with E-state index in [1.165, 1.54) is 22.6 Å². The minimum absolute atomic E-state index is 0.0292. The zero-order valence-corrected chi connectivity index (χ0v) is 8.26. The summed E-state index contributed by atoms with van der Waals surface area (Å²) in [4.78, 5) is 13.3. The monoisotopic (exact) mass is 301 g/mol. The largest absolute Gasteiger partial charge is 0.296 e. The molecule has 0 aromatic carbocycles. The van der Waals surface area contributed by atoms with Crippen LogP contribution in [0.5, 0.6) is 0 Å². The SMILES string of the molecule is O=Cc1nc(F)c(I)cc1C(F)F. The lowest BCUT2D eigenvalue weighted by Crippen LogP contribution is -2.01. The topological polar surface area (TPSA) is 30.0 Å². The normalized spacial score (nSPS) is 10.5. The molecule has 13 heavy (non-hydrogen) atoms. The molecule has 0 aliphatic heterocycles. The molecule has 1 rings (SSSR count). The van der Waals surface area contributed by atoms with Gasteiger partial charge in [0.25, 0.3) is 6.43 Å². The molecule has 0 amide bonds. The molecule has 6 heteroatoms. The van der Waals surface area contributed by atoms with Crippen LogP contribution in [-0.4, -0.2) is 11.3 Å². The lowest BCUT2D eigenvalue weighted by Gasteiger charge is -2.03. The maximum absolute atomic E-state index is 12.7. The van der Waals surface area contributed by atoms with Crippen molar-refractivity contribution in [2.75, 3.05) is 0 Å². The van der Waals surface area contributed by atoms with Crippen LogP contribution in [0.15, 0.2) is 6.07 Å². The Labute approximate surface area is 85.3 Å². The van der Waals surface area contributed by atoms with E-state index in [1.807, 2.05) is 0 Å².